The number of Topliss-reactive ketones (excluding diaryl/α,β-unsaturated/α-hetero) is 2. The molecular formula is C36H30F4O3. The van der Waals surface area contributed by atoms with Crippen LogP contribution in [0.5, 0.6) is 5.75 Å². The van der Waals surface area contributed by atoms with E-state index < -0.39 is 40.5 Å². The molecule has 2 atom stereocenters. The molecule has 0 aliphatic heterocycles. The van der Waals surface area contributed by atoms with Gasteiger partial charge in [0.05, 0.1) is 12.7 Å². The third-order valence-electron chi connectivity index (χ3n) is 7.87. The number of hydrogen-bond donors (Lipinski definition) is 0. The molecule has 4 aromatic rings. The Kier molecular flexibility index (Phi) is 8.90. The number of allylic oxidation sites excluding steroid dienone is 2. The van der Waals surface area contributed by atoms with E-state index in [-0.39, 0.29) is 17.3 Å². The molecule has 0 amide bonds. The number of aryl methyl sites for hydroxylation is 2. The zero-order chi connectivity index (χ0) is 30.7. The van der Waals surface area contributed by atoms with Crippen molar-refractivity contribution in [3.8, 4) is 5.75 Å². The van der Waals surface area contributed by atoms with Gasteiger partial charge in [0.1, 0.15) is 34.8 Å². The van der Waals surface area contributed by atoms with Crippen molar-refractivity contribution in [1.29, 1.82) is 0 Å². The molecule has 0 heterocycles. The van der Waals surface area contributed by atoms with Gasteiger partial charge in [-0.05, 0) is 60.6 Å². The van der Waals surface area contributed by atoms with Gasteiger partial charge in [-0.15, -0.1) is 0 Å². The first-order valence-corrected chi connectivity index (χ1v) is 14.0. The number of carbonyl (C=O) groups is 2. The van der Waals surface area contributed by atoms with Crippen molar-refractivity contribution in [2.45, 2.75) is 44.4 Å². The van der Waals surface area contributed by atoms with Gasteiger partial charge < -0.3 is 4.74 Å². The molecule has 1 aliphatic carbocycles. The van der Waals surface area contributed by atoms with E-state index in [1.165, 1.54) is 19.2 Å². The average molecular weight is 587 g/mol. The molecule has 0 radical (unpaired) electrons. The van der Waals surface area contributed by atoms with Gasteiger partial charge in [0.2, 0.25) is 0 Å². The van der Waals surface area contributed by atoms with E-state index in [4.69, 9.17) is 4.74 Å². The zero-order valence-electron chi connectivity index (χ0n) is 23.8. The van der Waals surface area contributed by atoms with Crippen LogP contribution in [-0.2, 0) is 24.1 Å². The predicted molar refractivity (Wildman–Crippen MR) is 156 cm³/mol. The fourth-order valence-electron chi connectivity index (χ4n) is 5.94. The van der Waals surface area contributed by atoms with Crippen LogP contribution >= 0.6 is 0 Å². The van der Waals surface area contributed by atoms with Crippen LogP contribution in [0.3, 0.4) is 0 Å². The molecule has 3 nitrogen and oxygen atoms in total. The van der Waals surface area contributed by atoms with Crippen molar-refractivity contribution in [3.63, 3.8) is 0 Å². The fraction of sp³-hybridized carbons (Fsp3) is 0.222. The molecule has 0 saturated heterocycles. The van der Waals surface area contributed by atoms with Gasteiger partial charge in [0, 0.05) is 41.5 Å². The van der Waals surface area contributed by atoms with E-state index in [9.17, 15) is 27.2 Å². The van der Waals surface area contributed by atoms with Crippen LogP contribution in [0.15, 0.2) is 90.5 Å². The zero-order valence-corrected chi connectivity index (χ0v) is 23.8. The lowest BCUT2D eigenvalue weighted by atomic mass is 9.84. The molecular weight excluding hydrogens is 556 g/mol. The van der Waals surface area contributed by atoms with Crippen molar-refractivity contribution < 1.29 is 31.9 Å². The van der Waals surface area contributed by atoms with Crippen LogP contribution in [0.25, 0.3) is 0 Å². The van der Waals surface area contributed by atoms with Gasteiger partial charge in [0.25, 0.3) is 0 Å². The molecule has 1 aliphatic rings. The molecule has 0 fully saturated rings. The SMILES string of the molecule is COc1c(CCc2cccc(CC(C)=O)c2)cccc1C1CC(c2ccc(F)cc2)C=C1C(=O)c1c(F)cc(F)cc1F. The third kappa shape index (κ3) is 6.61. The minimum absolute atomic E-state index is 0.0841. The summed E-state index contributed by atoms with van der Waals surface area (Å²) in [6.45, 7) is 1.55. The lowest BCUT2D eigenvalue weighted by Crippen LogP contribution is -2.14. The van der Waals surface area contributed by atoms with E-state index in [1.807, 2.05) is 42.5 Å². The van der Waals surface area contributed by atoms with Gasteiger partial charge >= 0.3 is 0 Å². The fourth-order valence-corrected chi connectivity index (χ4v) is 5.94. The van der Waals surface area contributed by atoms with Crippen molar-refractivity contribution in [3.05, 3.63) is 147 Å². The smallest absolute Gasteiger partial charge is 0.195 e. The first-order chi connectivity index (χ1) is 20.6. The monoisotopic (exact) mass is 586 g/mol. The van der Waals surface area contributed by atoms with Crippen molar-refractivity contribution in [2.24, 2.45) is 0 Å². The summed E-state index contributed by atoms with van der Waals surface area (Å²) in [4.78, 5) is 25.3. The number of halogens is 4. The van der Waals surface area contributed by atoms with Crippen molar-refractivity contribution in [2.75, 3.05) is 7.11 Å². The Bertz CT molecular complexity index is 1690. The molecule has 7 heteroatoms. The Morgan fingerprint density at radius 2 is 1.49 bits per heavy atom. The number of methoxy groups -OCH3 is 1. The molecule has 220 valence electrons. The number of ether oxygens (including phenoxy) is 1. The van der Waals surface area contributed by atoms with Gasteiger partial charge in [0.15, 0.2) is 5.78 Å². The second kappa shape index (κ2) is 12.8. The molecule has 2 unspecified atom stereocenters. The average Bonchev–Trinajstić information content (AvgIpc) is 3.41. The summed E-state index contributed by atoms with van der Waals surface area (Å²) in [6, 6.07) is 20.3. The van der Waals surface area contributed by atoms with Crippen LogP contribution in [0.4, 0.5) is 17.6 Å². The summed E-state index contributed by atoms with van der Waals surface area (Å²) in [5.74, 6) is -5.25. The summed E-state index contributed by atoms with van der Waals surface area (Å²) < 4.78 is 62.7. The van der Waals surface area contributed by atoms with Crippen LogP contribution in [0, 0.1) is 23.3 Å². The summed E-state index contributed by atoms with van der Waals surface area (Å²) in [5.41, 5.74) is 3.64. The Morgan fingerprint density at radius 3 is 2.16 bits per heavy atom. The van der Waals surface area contributed by atoms with Crippen molar-refractivity contribution in [1.82, 2.24) is 0 Å². The van der Waals surface area contributed by atoms with E-state index in [0.717, 1.165) is 22.3 Å². The first kappa shape index (κ1) is 30.0. The highest BCUT2D eigenvalue weighted by Crippen LogP contribution is 2.48. The van der Waals surface area contributed by atoms with E-state index >= 15 is 0 Å². The summed E-state index contributed by atoms with van der Waals surface area (Å²) in [6.07, 6.45) is 3.67. The summed E-state index contributed by atoms with van der Waals surface area (Å²) >= 11 is 0. The number of ketones is 2. The predicted octanol–water partition coefficient (Wildman–Crippen LogP) is 8.25. The third-order valence-corrected chi connectivity index (χ3v) is 7.87. The maximum atomic E-state index is 14.8. The summed E-state index contributed by atoms with van der Waals surface area (Å²) in [7, 11) is 1.53. The molecule has 0 aromatic heterocycles. The second-order valence-corrected chi connectivity index (χ2v) is 10.9. The number of carbonyl (C=O) groups excluding carboxylic acids is 2. The molecule has 0 N–H and O–H groups in total. The molecule has 5 rings (SSSR count). The minimum atomic E-state index is -1.28. The molecule has 4 aromatic carbocycles. The lowest BCUT2D eigenvalue weighted by molar-refractivity contribution is -0.116. The van der Waals surface area contributed by atoms with E-state index in [1.54, 1.807) is 25.1 Å². The lowest BCUT2D eigenvalue weighted by Gasteiger charge is -2.21. The van der Waals surface area contributed by atoms with Gasteiger partial charge in [-0.2, -0.15) is 0 Å². The molecule has 0 spiro atoms. The molecule has 0 saturated carbocycles. The maximum absolute atomic E-state index is 14.8. The Morgan fingerprint density at radius 1 is 0.814 bits per heavy atom. The largest absolute Gasteiger partial charge is 0.496 e. The van der Waals surface area contributed by atoms with Crippen LogP contribution in [0.1, 0.15) is 63.4 Å². The number of hydrogen-bond acceptors (Lipinski definition) is 3. The quantitative estimate of drug-likeness (QED) is 0.139. The van der Waals surface area contributed by atoms with Gasteiger partial charge in [-0.1, -0.05) is 60.7 Å². The second-order valence-electron chi connectivity index (χ2n) is 10.9. The normalized spacial score (nSPS) is 16.2. The maximum Gasteiger partial charge on any atom is 0.195 e. The highest BCUT2D eigenvalue weighted by molar-refractivity contribution is 6.10. The Hall–Kier alpha value is -4.52. The number of para-hydroxylation sites is 1. The van der Waals surface area contributed by atoms with E-state index in [0.29, 0.717) is 49.1 Å². The highest BCUT2D eigenvalue weighted by atomic mass is 19.1. The Labute approximate surface area is 247 Å². The van der Waals surface area contributed by atoms with E-state index in [2.05, 4.69) is 0 Å². The van der Waals surface area contributed by atoms with Crippen LogP contribution < -0.4 is 4.74 Å². The van der Waals surface area contributed by atoms with Gasteiger partial charge in [-0.25, -0.2) is 17.6 Å². The summed E-state index contributed by atoms with van der Waals surface area (Å²) in [5, 5.41) is 0. The van der Waals surface area contributed by atoms with Crippen LogP contribution in [0.2, 0.25) is 0 Å². The molecule has 43 heavy (non-hydrogen) atoms. The number of rotatable bonds is 10. The Balaban J connectivity index is 1.51. The number of benzene rings is 4. The van der Waals surface area contributed by atoms with Crippen LogP contribution in [-0.4, -0.2) is 18.7 Å². The van der Waals surface area contributed by atoms with Gasteiger partial charge in [-0.3, -0.25) is 9.59 Å². The topological polar surface area (TPSA) is 43.4 Å². The first-order valence-electron chi connectivity index (χ1n) is 14.0. The van der Waals surface area contributed by atoms with Crippen molar-refractivity contribution >= 4 is 11.6 Å². The molecule has 0 bridgehead atoms. The standard InChI is InChI=1S/C36H30F4O3/c1-21(41)15-23-6-3-5-22(16-23)9-10-25-7-4-8-29(36(25)43-2)30-17-26(24-11-13-27(37)14-12-24)18-31(30)35(42)34-32(39)19-28(38)20-33(34)40/h3-8,11-14,16,18-20,26,30H,9-10,15,17H2,1-2H3. The highest BCUT2D eigenvalue weighted by Gasteiger charge is 2.37. The minimum Gasteiger partial charge on any atom is -0.496 e.